The average Bonchev–Trinajstić information content (AvgIpc) is 2.49. The largest absolute Gasteiger partial charge is 0.464 e. The van der Waals surface area contributed by atoms with E-state index in [9.17, 15) is 4.79 Å². The van der Waals surface area contributed by atoms with E-state index in [1.807, 2.05) is 6.92 Å². The van der Waals surface area contributed by atoms with Crippen molar-refractivity contribution in [2.45, 2.75) is 90.9 Å². The fraction of sp³-hybridized carbons (Fsp3) is 0.944. The number of ether oxygens (including phenoxy) is 1. The molecule has 0 aliphatic heterocycles. The average molecular weight is 299 g/mol. The van der Waals surface area contributed by atoms with Gasteiger partial charge in [0.1, 0.15) is 6.61 Å². The summed E-state index contributed by atoms with van der Waals surface area (Å²) in [6, 6.07) is 0. The first-order valence-electron chi connectivity index (χ1n) is 9.17. The molecule has 0 aromatic carbocycles. The highest BCUT2D eigenvalue weighted by molar-refractivity contribution is 5.69. The van der Waals surface area contributed by atoms with Crippen molar-refractivity contribution in [3.8, 4) is 0 Å². The second-order valence-corrected chi connectivity index (χ2v) is 5.86. The topological polar surface area (TPSA) is 38.3 Å². The number of likely N-dealkylation sites (N-methyl/N-ethyl adjacent to an activating group) is 1. The molecule has 3 heteroatoms. The zero-order valence-corrected chi connectivity index (χ0v) is 14.4. The van der Waals surface area contributed by atoms with Crippen LogP contribution in [0, 0.1) is 0 Å². The van der Waals surface area contributed by atoms with Crippen LogP contribution in [0.15, 0.2) is 0 Å². The monoisotopic (exact) mass is 299 g/mol. The van der Waals surface area contributed by atoms with Crippen LogP contribution in [0.25, 0.3) is 0 Å². The third-order valence-electron chi connectivity index (χ3n) is 3.78. The molecule has 0 aliphatic rings. The van der Waals surface area contributed by atoms with Gasteiger partial charge in [-0.2, -0.15) is 0 Å². The first-order valence-corrected chi connectivity index (χ1v) is 9.17. The summed E-state index contributed by atoms with van der Waals surface area (Å²) in [4.78, 5) is 11.4. The number of carbonyl (C=O) groups is 1. The Morgan fingerprint density at radius 2 is 1.33 bits per heavy atom. The Hall–Kier alpha value is -0.570. The molecule has 3 nitrogen and oxygen atoms in total. The van der Waals surface area contributed by atoms with Crippen LogP contribution < -0.4 is 5.32 Å². The van der Waals surface area contributed by atoms with E-state index in [1.54, 1.807) is 0 Å². The van der Waals surface area contributed by atoms with Crippen LogP contribution in [-0.4, -0.2) is 25.7 Å². The van der Waals surface area contributed by atoms with Crippen molar-refractivity contribution in [2.24, 2.45) is 0 Å². The molecule has 0 bridgehead atoms. The highest BCUT2D eigenvalue weighted by Crippen LogP contribution is 2.12. The molecule has 21 heavy (non-hydrogen) atoms. The molecule has 0 saturated heterocycles. The van der Waals surface area contributed by atoms with Gasteiger partial charge >= 0.3 is 5.97 Å². The quantitative estimate of drug-likeness (QED) is 0.327. The SMILES string of the molecule is CCCCCCCCCCCCCC(=O)OCCNCC. The maximum Gasteiger partial charge on any atom is 0.305 e. The van der Waals surface area contributed by atoms with Crippen molar-refractivity contribution in [3.05, 3.63) is 0 Å². The molecule has 0 fully saturated rings. The van der Waals surface area contributed by atoms with Crippen LogP contribution in [0.4, 0.5) is 0 Å². The van der Waals surface area contributed by atoms with Gasteiger partial charge in [0.05, 0.1) is 0 Å². The summed E-state index contributed by atoms with van der Waals surface area (Å²) in [5.41, 5.74) is 0. The first kappa shape index (κ1) is 20.4. The fourth-order valence-electron chi connectivity index (χ4n) is 2.42. The summed E-state index contributed by atoms with van der Waals surface area (Å²) in [5.74, 6) is -0.0381. The molecule has 0 unspecified atom stereocenters. The van der Waals surface area contributed by atoms with Crippen molar-refractivity contribution in [1.29, 1.82) is 0 Å². The van der Waals surface area contributed by atoms with Gasteiger partial charge in [-0.25, -0.2) is 0 Å². The molecule has 126 valence electrons. The zero-order valence-electron chi connectivity index (χ0n) is 14.4. The predicted octanol–water partition coefficient (Wildman–Crippen LogP) is 4.84. The summed E-state index contributed by atoms with van der Waals surface area (Å²) >= 11 is 0. The minimum absolute atomic E-state index is 0.0381. The number of nitrogens with one attached hydrogen (secondary N) is 1. The molecular weight excluding hydrogens is 262 g/mol. The van der Waals surface area contributed by atoms with E-state index < -0.39 is 0 Å². The van der Waals surface area contributed by atoms with Crippen LogP contribution in [0.2, 0.25) is 0 Å². The maximum absolute atomic E-state index is 11.4. The molecule has 0 heterocycles. The van der Waals surface area contributed by atoms with Gasteiger partial charge < -0.3 is 10.1 Å². The summed E-state index contributed by atoms with van der Waals surface area (Å²) in [5, 5.41) is 3.14. The Bertz CT molecular complexity index is 219. The van der Waals surface area contributed by atoms with Crippen molar-refractivity contribution in [3.63, 3.8) is 0 Å². The third kappa shape index (κ3) is 17.4. The molecule has 0 aromatic rings. The molecule has 0 saturated carbocycles. The van der Waals surface area contributed by atoms with Gasteiger partial charge in [0, 0.05) is 13.0 Å². The summed E-state index contributed by atoms with van der Waals surface area (Å²) in [6.07, 6.45) is 15.0. The van der Waals surface area contributed by atoms with Gasteiger partial charge in [-0.05, 0) is 13.0 Å². The number of carbonyl (C=O) groups excluding carboxylic acids is 1. The van der Waals surface area contributed by atoms with Crippen LogP contribution in [-0.2, 0) is 9.53 Å². The van der Waals surface area contributed by atoms with E-state index in [-0.39, 0.29) is 5.97 Å². The molecule has 0 amide bonds. The summed E-state index contributed by atoms with van der Waals surface area (Å²) < 4.78 is 5.13. The van der Waals surface area contributed by atoms with E-state index in [2.05, 4.69) is 12.2 Å². The van der Waals surface area contributed by atoms with Crippen LogP contribution >= 0.6 is 0 Å². The lowest BCUT2D eigenvalue weighted by molar-refractivity contribution is -0.143. The summed E-state index contributed by atoms with van der Waals surface area (Å²) in [7, 11) is 0. The van der Waals surface area contributed by atoms with Gasteiger partial charge in [0.2, 0.25) is 0 Å². The van der Waals surface area contributed by atoms with Gasteiger partial charge in [0.15, 0.2) is 0 Å². The molecular formula is C18H37NO2. The van der Waals surface area contributed by atoms with Crippen LogP contribution in [0.5, 0.6) is 0 Å². The minimum Gasteiger partial charge on any atom is -0.464 e. The van der Waals surface area contributed by atoms with Crippen molar-refractivity contribution in [2.75, 3.05) is 19.7 Å². The minimum atomic E-state index is -0.0381. The Labute approximate surface area is 132 Å². The first-order chi connectivity index (χ1) is 10.3. The molecule has 0 spiro atoms. The lowest BCUT2D eigenvalue weighted by Gasteiger charge is -2.05. The number of rotatable bonds is 16. The standard InChI is InChI=1S/C18H37NO2/c1-3-5-6-7-8-9-10-11-12-13-14-15-18(20)21-17-16-19-4-2/h19H,3-17H2,1-2H3. The molecule has 0 aliphatic carbocycles. The molecule has 1 N–H and O–H groups in total. The van der Waals surface area contributed by atoms with Crippen LogP contribution in [0.3, 0.4) is 0 Å². The van der Waals surface area contributed by atoms with E-state index in [1.165, 1.54) is 57.8 Å². The molecule has 0 radical (unpaired) electrons. The van der Waals surface area contributed by atoms with Crippen molar-refractivity contribution >= 4 is 5.97 Å². The maximum atomic E-state index is 11.4. The lowest BCUT2D eigenvalue weighted by Crippen LogP contribution is -2.20. The normalized spacial score (nSPS) is 10.8. The molecule has 0 rings (SSSR count). The Morgan fingerprint density at radius 3 is 1.86 bits per heavy atom. The lowest BCUT2D eigenvalue weighted by atomic mass is 10.1. The van der Waals surface area contributed by atoms with E-state index in [4.69, 9.17) is 4.74 Å². The molecule has 0 aromatic heterocycles. The smallest absolute Gasteiger partial charge is 0.305 e. The van der Waals surface area contributed by atoms with E-state index in [0.717, 1.165) is 25.9 Å². The second-order valence-electron chi connectivity index (χ2n) is 5.86. The predicted molar refractivity (Wildman–Crippen MR) is 90.6 cm³/mol. The Morgan fingerprint density at radius 1 is 0.810 bits per heavy atom. The van der Waals surface area contributed by atoms with Gasteiger partial charge in [0.25, 0.3) is 0 Å². The number of esters is 1. The molecule has 0 atom stereocenters. The number of hydrogen-bond acceptors (Lipinski definition) is 3. The van der Waals surface area contributed by atoms with Gasteiger partial charge in [-0.1, -0.05) is 78.1 Å². The van der Waals surface area contributed by atoms with Crippen LogP contribution in [0.1, 0.15) is 90.9 Å². The number of hydrogen-bond donors (Lipinski definition) is 1. The Balaban J connectivity index is 3.09. The highest BCUT2D eigenvalue weighted by Gasteiger charge is 2.01. The van der Waals surface area contributed by atoms with E-state index in [0.29, 0.717) is 13.0 Å². The summed E-state index contributed by atoms with van der Waals surface area (Å²) in [6.45, 7) is 6.51. The Kier molecular flexibility index (Phi) is 17.0. The third-order valence-corrected chi connectivity index (χ3v) is 3.78. The van der Waals surface area contributed by atoms with Gasteiger partial charge in [-0.15, -0.1) is 0 Å². The van der Waals surface area contributed by atoms with Crippen molar-refractivity contribution < 1.29 is 9.53 Å². The second kappa shape index (κ2) is 17.5. The zero-order chi connectivity index (χ0) is 15.6. The van der Waals surface area contributed by atoms with Crippen molar-refractivity contribution in [1.82, 2.24) is 5.32 Å². The number of unbranched alkanes of at least 4 members (excludes halogenated alkanes) is 10. The fourth-order valence-corrected chi connectivity index (χ4v) is 2.42. The van der Waals surface area contributed by atoms with Gasteiger partial charge in [-0.3, -0.25) is 4.79 Å². The highest BCUT2D eigenvalue weighted by atomic mass is 16.5. The van der Waals surface area contributed by atoms with E-state index >= 15 is 0 Å².